The average Bonchev–Trinajstić information content (AvgIpc) is 3.22. The average molecular weight is 473 g/mol. The summed E-state index contributed by atoms with van der Waals surface area (Å²) in [7, 11) is 0. The van der Waals surface area contributed by atoms with Crippen LogP contribution < -0.4 is 0 Å². The fraction of sp³-hybridized carbons (Fsp3) is 0.360. The Hall–Kier alpha value is -3.49. The van der Waals surface area contributed by atoms with Crippen LogP contribution in [-0.2, 0) is 39.8 Å². The summed E-state index contributed by atoms with van der Waals surface area (Å²) < 4.78 is 46.2. The molecule has 9 heteroatoms. The smallest absolute Gasteiger partial charge is 0.416 e. The molecule has 0 aliphatic rings. The van der Waals surface area contributed by atoms with Crippen LogP contribution in [0.25, 0.3) is 5.69 Å². The normalized spacial score (nSPS) is 11.6. The molecule has 0 N–H and O–H groups in total. The van der Waals surface area contributed by atoms with E-state index >= 15 is 0 Å². The molecule has 0 aliphatic heterocycles. The molecule has 6 nitrogen and oxygen atoms in total. The number of carbonyl (C=O) groups is 2. The van der Waals surface area contributed by atoms with Crippen LogP contribution in [0.4, 0.5) is 13.2 Å². The van der Waals surface area contributed by atoms with Crippen molar-refractivity contribution >= 4 is 11.8 Å². The van der Waals surface area contributed by atoms with Gasteiger partial charge in [0, 0.05) is 25.7 Å². The third-order valence-electron chi connectivity index (χ3n) is 5.05. The largest absolute Gasteiger partial charge is 0.465 e. The molecule has 0 aliphatic carbocycles. The van der Waals surface area contributed by atoms with Crippen molar-refractivity contribution in [3.05, 3.63) is 77.1 Å². The number of ketones is 1. The second-order valence-electron chi connectivity index (χ2n) is 8.44. The standard InChI is InChI=1S/C25H26F3N3O3/c1-17(2)13-24(33)34-12-11-20-16-31(30-29-20)21-9-7-18(8-10-21)14-22(32)15-19-5-3-4-6-23(19)25(26,27)28/h3-10,16-17H,11-15H2,1-2H3. The van der Waals surface area contributed by atoms with Crippen LogP contribution >= 0.6 is 0 Å². The molecule has 0 atom stereocenters. The van der Waals surface area contributed by atoms with Gasteiger partial charge in [0.15, 0.2) is 0 Å². The third kappa shape index (κ3) is 7.26. The third-order valence-corrected chi connectivity index (χ3v) is 5.05. The van der Waals surface area contributed by atoms with Gasteiger partial charge >= 0.3 is 12.1 Å². The van der Waals surface area contributed by atoms with E-state index in [-0.39, 0.29) is 42.7 Å². The van der Waals surface area contributed by atoms with Gasteiger partial charge in [-0.25, -0.2) is 4.68 Å². The van der Waals surface area contributed by atoms with Gasteiger partial charge in [-0.05, 0) is 35.2 Å². The summed E-state index contributed by atoms with van der Waals surface area (Å²) in [5.74, 6) is -0.309. The Kier molecular flexibility index (Phi) is 8.20. The Balaban J connectivity index is 1.55. The first-order valence-corrected chi connectivity index (χ1v) is 10.9. The fourth-order valence-electron chi connectivity index (χ4n) is 3.42. The van der Waals surface area contributed by atoms with E-state index in [1.807, 2.05) is 13.8 Å². The number of benzene rings is 2. The lowest BCUT2D eigenvalue weighted by atomic mass is 9.98. The molecule has 0 unspecified atom stereocenters. The Bertz CT molecular complexity index is 1120. The van der Waals surface area contributed by atoms with Crippen LogP contribution in [0.5, 0.6) is 0 Å². The van der Waals surface area contributed by atoms with Gasteiger partial charge in [0.25, 0.3) is 0 Å². The molecule has 0 saturated heterocycles. The van der Waals surface area contributed by atoms with Crippen molar-refractivity contribution < 1.29 is 27.5 Å². The molecule has 0 bridgehead atoms. The molecule has 1 aromatic heterocycles. The summed E-state index contributed by atoms with van der Waals surface area (Å²) >= 11 is 0. The zero-order valence-electron chi connectivity index (χ0n) is 19.0. The summed E-state index contributed by atoms with van der Waals surface area (Å²) in [6.07, 6.45) is -2.22. The number of carbonyl (C=O) groups excluding carboxylic acids is 2. The van der Waals surface area contributed by atoms with E-state index < -0.39 is 11.7 Å². The van der Waals surface area contributed by atoms with Gasteiger partial charge < -0.3 is 4.74 Å². The molecule has 3 aromatic rings. The van der Waals surface area contributed by atoms with Crippen molar-refractivity contribution in [3.63, 3.8) is 0 Å². The first kappa shape index (κ1) is 25.1. The minimum atomic E-state index is -4.50. The number of Topliss-reactive ketones (excluding diaryl/α,β-unsaturated/α-hetero) is 1. The van der Waals surface area contributed by atoms with Gasteiger partial charge in [-0.15, -0.1) is 5.10 Å². The molecule has 0 fully saturated rings. The molecule has 1 heterocycles. The zero-order chi connectivity index (χ0) is 24.7. The van der Waals surface area contributed by atoms with E-state index in [9.17, 15) is 22.8 Å². The Morgan fingerprint density at radius 2 is 1.74 bits per heavy atom. The van der Waals surface area contributed by atoms with E-state index in [0.717, 1.165) is 6.07 Å². The Morgan fingerprint density at radius 3 is 2.41 bits per heavy atom. The molecule has 3 rings (SSSR count). The molecular weight excluding hydrogens is 447 g/mol. The second-order valence-corrected chi connectivity index (χ2v) is 8.44. The number of halogens is 3. The minimum absolute atomic E-state index is 0.0246. The highest BCUT2D eigenvalue weighted by molar-refractivity contribution is 5.83. The number of rotatable bonds is 10. The summed E-state index contributed by atoms with van der Waals surface area (Å²) in [6.45, 7) is 4.12. The lowest BCUT2D eigenvalue weighted by Gasteiger charge is -2.12. The van der Waals surface area contributed by atoms with Crippen LogP contribution in [0.15, 0.2) is 54.7 Å². The molecule has 0 spiro atoms. The van der Waals surface area contributed by atoms with E-state index in [0.29, 0.717) is 29.8 Å². The Labute approximate surface area is 195 Å². The van der Waals surface area contributed by atoms with E-state index in [4.69, 9.17) is 4.74 Å². The molecular formula is C25H26F3N3O3. The molecule has 34 heavy (non-hydrogen) atoms. The van der Waals surface area contributed by atoms with Crippen LogP contribution in [0.3, 0.4) is 0 Å². The quantitative estimate of drug-likeness (QED) is 0.397. The first-order chi connectivity index (χ1) is 16.1. The second kappa shape index (κ2) is 11.1. The zero-order valence-corrected chi connectivity index (χ0v) is 19.0. The number of ether oxygens (including phenoxy) is 1. The van der Waals surface area contributed by atoms with Crippen molar-refractivity contribution in [2.75, 3.05) is 6.61 Å². The predicted molar refractivity (Wildman–Crippen MR) is 119 cm³/mol. The lowest BCUT2D eigenvalue weighted by Crippen LogP contribution is -2.13. The van der Waals surface area contributed by atoms with E-state index in [2.05, 4.69) is 10.3 Å². The number of hydrogen-bond donors (Lipinski definition) is 0. The number of hydrogen-bond acceptors (Lipinski definition) is 5. The minimum Gasteiger partial charge on any atom is -0.465 e. The highest BCUT2D eigenvalue weighted by Crippen LogP contribution is 2.32. The van der Waals surface area contributed by atoms with Crippen LogP contribution in [-0.4, -0.2) is 33.4 Å². The van der Waals surface area contributed by atoms with Crippen molar-refractivity contribution in [3.8, 4) is 5.69 Å². The van der Waals surface area contributed by atoms with Crippen molar-refractivity contribution in [1.29, 1.82) is 0 Å². The van der Waals surface area contributed by atoms with Crippen LogP contribution in [0.1, 0.15) is 42.7 Å². The summed E-state index contributed by atoms with van der Waals surface area (Å²) in [6, 6.07) is 12.1. The van der Waals surface area contributed by atoms with Gasteiger partial charge in [-0.2, -0.15) is 13.2 Å². The summed E-state index contributed by atoms with van der Waals surface area (Å²) in [5.41, 5.74) is 1.27. The van der Waals surface area contributed by atoms with Gasteiger partial charge in [0.1, 0.15) is 5.78 Å². The molecule has 0 saturated carbocycles. The first-order valence-electron chi connectivity index (χ1n) is 10.9. The van der Waals surface area contributed by atoms with Gasteiger partial charge in [-0.3, -0.25) is 9.59 Å². The van der Waals surface area contributed by atoms with Crippen molar-refractivity contribution in [2.24, 2.45) is 5.92 Å². The monoisotopic (exact) mass is 473 g/mol. The van der Waals surface area contributed by atoms with Crippen molar-refractivity contribution in [2.45, 2.75) is 45.7 Å². The Morgan fingerprint density at radius 1 is 1.03 bits per heavy atom. The van der Waals surface area contributed by atoms with E-state index in [1.165, 1.54) is 18.2 Å². The number of nitrogens with zero attached hydrogens (tertiary/aromatic N) is 3. The maximum Gasteiger partial charge on any atom is 0.416 e. The lowest BCUT2D eigenvalue weighted by molar-refractivity contribution is -0.144. The van der Waals surface area contributed by atoms with Crippen LogP contribution in [0.2, 0.25) is 0 Å². The van der Waals surface area contributed by atoms with Crippen LogP contribution in [0, 0.1) is 5.92 Å². The predicted octanol–water partition coefficient (Wildman–Crippen LogP) is 4.77. The highest BCUT2D eigenvalue weighted by atomic mass is 19.4. The van der Waals surface area contributed by atoms with Gasteiger partial charge in [0.05, 0.1) is 29.7 Å². The summed E-state index contributed by atoms with van der Waals surface area (Å²) in [4.78, 5) is 24.0. The molecule has 0 radical (unpaired) electrons. The maximum atomic E-state index is 13.1. The summed E-state index contributed by atoms with van der Waals surface area (Å²) in [5, 5.41) is 8.14. The fourth-order valence-corrected chi connectivity index (χ4v) is 3.42. The number of alkyl halides is 3. The van der Waals surface area contributed by atoms with Crippen molar-refractivity contribution in [1.82, 2.24) is 15.0 Å². The topological polar surface area (TPSA) is 74.1 Å². The SMILES string of the molecule is CC(C)CC(=O)OCCc1cn(-c2ccc(CC(=O)Cc3ccccc3C(F)(F)F)cc2)nn1. The van der Waals surface area contributed by atoms with Gasteiger partial charge in [-0.1, -0.05) is 49.4 Å². The highest BCUT2D eigenvalue weighted by Gasteiger charge is 2.33. The maximum absolute atomic E-state index is 13.1. The number of aromatic nitrogens is 3. The van der Waals surface area contributed by atoms with E-state index in [1.54, 1.807) is 35.1 Å². The molecule has 0 amide bonds. The molecule has 2 aromatic carbocycles. The molecule has 180 valence electrons. The number of esters is 1. The van der Waals surface area contributed by atoms with Gasteiger partial charge in [0.2, 0.25) is 0 Å².